The minimum atomic E-state index is 0.0573. The minimum Gasteiger partial charge on any atom is -0.381 e. The number of nitrogens with zero attached hydrogens (tertiary/aromatic N) is 1. The third kappa shape index (κ3) is 2.49. The monoisotopic (exact) mass is 250 g/mol. The van der Waals surface area contributed by atoms with Crippen LogP contribution in [0.5, 0.6) is 0 Å². The molecule has 4 nitrogen and oxygen atoms in total. The second kappa shape index (κ2) is 5.24. The SMILES string of the molecule is COC1CC(NCCn2ccccc2=O)C1(C)C. The third-order valence-corrected chi connectivity index (χ3v) is 4.10. The fourth-order valence-electron chi connectivity index (χ4n) is 2.64. The number of hydrogen-bond donors (Lipinski definition) is 1. The van der Waals surface area contributed by atoms with Crippen LogP contribution in [0.3, 0.4) is 0 Å². The lowest BCUT2D eigenvalue weighted by Gasteiger charge is -2.51. The predicted octanol–water partition coefficient (Wildman–Crippen LogP) is 1.25. The van der Waals surface area contributed by atoms with Gasteiger partial charge in [-0.3, -0.25) is 4.79 Å². The molecule has 0 spiro atoms. The van der Waals surface area contributed by atoms with Gasteiger partial charge in [0.2, 0.25) is 0 Å². The molecule has 2 rings (SSSR count). The second-order valence-corrected chi connectivity index (χ2v) is 5.52. The molecule has 0 bridgehead atoms. The number of aromatic nitrogens is 1. The normalized spacial score (nSPS) is 25.7. The molecule has 0 radical (unpaired) electrons. The Kier molecular flexibility index (Phi) is 3.88. The van der Waals surface area contributed by atoms with Gasteiger partial charge in [0.25, 0.3) is 5.56 Å². The first-order valence-electron chi connectivity index (χ1n) is 6.47. The number of rotatable bonds is 5. The Balaban J connectivity index is 1.81. The highest BCUT2D eigenvalue weighted by molar-refractivity contribution is 5.02. The molecule has 0 aromatic carbocycles. The Morgan fingerprint density at radius 1 is 1.50 bits per heavy atom. The van der Waals surface area contributed by atoms with Gasteiger partial charge in [-0.2, -0.15) is 0 Å². The van der Waals surface area contributed by atoms with E-state index >= 15 is 0 Å². The maximum atomic E-state index is 11.5. The van der Waals surface area contributed by atoms with Crippen LogP contribution in [0.4, 0.5) is 0 Å². The summed E-state index contributed by atoms with van der Waals surface area (Å²) >= 11 is 0. The first-order chi connectivity index (χ1) is 8.55. The van der Waals surface area contributed by atoms with Crippen LogP contribution in [0.2, 0.25) is 0 Å². The molecule has 18 heavy (non-hydrogen) atoms. The molecule has 1 aliphatic carbocycles. The Morgan fingerprint density at radius 3 is 2.89 bits per heavy atom. The molecular formula is C14H22N2O2. The number of methoxy groups -OCH3 is 1. The summed E-state index contributed by atoms with van der Waals surface area (Å²) in [5.74, 6) is 0. The largest absolute Gasteiger partial charge is 0.381 e. The summed E-state index contributed by atoms with van der Waals surface area (Å²) in [7, 11) is 1.77. The van der Waals surface area contributed by atoms with Gasteiger partial charge in [-0.1, -0.05) is 19.9 Å². The Hall–Kier alpha value is -1.13. The molecule has 2 atom stereocenters. The number of hydrogen-bond acceptors (Lipinski definition) is 3. The average Bonchev–Trinajstić information content (AvgIpc) is 2.34. The van der Waals surface area contributed by atoms with Crippen molar-refractivity contribution in [1.82, 2.24) is 9.88 Å². The molecule has 1 saturated carbocycles. The molecule has 1 aromatic rings. The summed E-state index contributed by atoms with van der Waals surface area (Å²) in [6, 6.07) is 5.72. The lowest BCUT2D eigenvalue weighted by Crippen LogP contribution is -2.61. The van der Waals surface area contributed by atoms with Crippen LogP contribution >= 0.6 is 0 Å². The fourth-order valence-corrected chi connectivity index (χ4v) is 2.64. The quantitative estimate of drug-likeness (QED) is 0.855. The van der Waals surface area contributed by atoms with Crippen LogP contribution < -0.4 is 10.9 Å². The van der Waals surface area contributed by atoms with Gasteiger partial charge in [-0.25, -0.2) is 0 Å². The zero-order chi connectivity index (χ0) is 13.2. The number of nitrogens with one attached hydrogen (secondary N) is 1. The third-order valence-electron chi connectivity index (χ3n) is 4.10. The lowest BCUT2D eigenvalue weighted by molar-refractivity contribution is -0.0973. The van der Waals surface area contributed by atoms with Crippen LogP contribution in [0.25, 0.3) is 0 Å². The van der Waals surface area contributed by atoms with Crippen molar-refractivity contribution < 1.29 is 4.74 Å². The van der Waals surface area contributed by atoms with Crippen LogP contribution in [0.1, 0.15) is 20.3 Å². The maximum absolute atomic E-state index is 11.5. The molecule has 1 heterocycles. The highest BCUT2D eigenvalue weighted by atomic mass is 16.5. The second-order valence-electron chi connectivity index (χ2n) is 5.52. The van der Waals surface area contributed by atoms with E-state index in [9.17, 15) is 4.79 Å². The van der Waals surface area contributed by atoms with Crippen molar-refractivity contribution in [2.75, 3.05) is 13.7 Å². The minimum absolute atomic E-state index is 0.0573. The molecule has 0 amide bonds. The van der Waals surface area contributed by atoms with E-state index in [1.807, 2.05) is 12.3 Å². The van der Waals surface area contributed by atoms with Gasteiger partial charge in [0.1, 0.15) is 0 Å². The van der Waals surface area contributed by atoms with Crippen molar-refractivity contribution in [2.24, 2.45) is 5.41 Å². The fraction of sp³-hybridized carbons (Fsp3) is 0.643. The number of pyridine rings is 1. The van der Waals surface area contributed by atoms with Crippen molar-refractivity contribution in [3.8, 4) is 0 Å². The molecule has 0 saturated heterocycles. The molecule has 100 valence electrons. The summed E-state index contributed by atoms with van der Waals surface area (Å²) in [5.41, 5.74) is 0.234. The van der Waals surface area contributed by atoms with E-state index in [-0.39, 0.29) is 11.0 Å². The number of ether oxygens (including phenoxy) is 1. The zero-order valence-corrected chi connectivity index (χ0v) is 11.3. The lowest BCUT2D eigenvalue weighted by atomic mass is 9.64. The van der Waals surface area contributed by atoms with E-state index in [0.29, 0.717) is 18.7 Å². The van der Waals surface area contributed by atoms with Gasteiger partial charge in [-0.15, -0.1) is 0 Å². The van der Waals surface area contributed by atoms with Crippen molar-refractivity contribution in [2.45, 2.75) is 39.0 Å². The standard InChI is InChI=1S/C14H22N2O2/c1-14(2)11(10-12(14)18-3)15-7-9-16-8-5-4-6-13(16)17/h4-6,8,11-12,15H,7,9-10H2,1-3H3. The summed E-state index contributed by atoms with van der Waals surface area (Å²) in [5, 5.41) is 3.51. The van der Waals surface area contributed by atoms with Crippen LogP contribution in [-0.4, -0.2) is 30.4 Å². The van der Waals surface area contributed by atoms with E-state index in [0.717, 1.165) is 13.0 Å². The molecule has 1 N–H and O–H groups in total. The summed E-state index contributed by atoms with van der Waals surface area (Å²) in [4.78, 5) is 11.5. The van der Waals surface area contributed by atoms with E-state index in [2.05, 4.69) is 19.2 Å². The van der Waals surface area contributed by atoms with Crippen LogP contribution in [0.15, 0.2) is 29.2 Å². The first kappa shape index (κ1) is 13.3. The van der Waals surface area contributed by atoms with E-state index < -0.39 is 0 Å². The molecule has 1 aromatic heterocycles. The summed E-state index contributed by atoms with van der Waals surface area (Å²) in [6.07, 6.45) is 3.22. The maximum Gasteiger partial charge on any atom is 0.250 e. The summed E-state index contributed by atoms with van der Waals surface area (Å²) < 4.78 is 7.15. The summed E-state index contributed by atoms with van der Waals surface area (Å²) in [6.45, 7) is 5.96. The van der Waals surface area contributed by atoms with Crippen molar-refractivity contribution in [3.63, 3.8) is 0 Å². The van der Waals surface area contributed by atoms with Crippen molar-refractivity contribution >= 4 is 0 Å². The van der Waals surface area contributed by atoms with Gasteiger partial charge in [-0.05, 0) is 12.5 Å². The van der Waals surface area contributed by atoms with Crippen molar-refractivity contribution in [1.29, 1.82) is 0 Å². The predicted molar refractivity (Wildman–Crippen MR) is 71.7 cm³/mol. The topological polar surface area (TPSA) is 43.3 Å². The molecule has 1 aliphatic rings. The molecule has 2 unspecified atom stereocenters. The van der Waals surface area contributed by atoms with Crippen LogP contribution in [0, 0.1) is 5.41 Å². The van der Waals surface area contributed by atoms with Gasteiger partial charge < -0.3 is 14.6 Å². The molecule has 4 heteroatoms. The van der Waals surface area contributed by atoms with Crippen molar-refractivity contribution in [3.05, 3.63) is 34.7 Å². The molecular weight excluding hydrogens is 228 g/mol. The first-order valence-corrected chi connectivity index (χ1v) is 6.47. The Morgan fingerprint density at radius 2 is 2.28 bits per heavy atom. The molecule has 1 fully saturated rings. The van der Waals surface area contributed by atoms with Gasteiger partial charge in [0.15, 0.2) is 0 Å². The Labute approximate surface area is 108 Å². The smallest absolute Gasteiger partial charge is 0.250 e. The average molecular weight is 250 g/mol. The van der Waals surface area contributed by atoms with Gasteiger partial charge in [0, 0.05) is 43.9 Å². The van der Waals surface area contributed by atoms with Crippen LogP contribution in [-0.2, 0) is 11.3 Å². The molecule has 0 aliphatic heterocycles. The van der Waals surface area contributed by atoms with E-state index in [1.165, 1.54) is 0 Å². The van der Waals surface area contributed by atoms with E-state index in [1.54, 1.807) is 23.8 Å². The zero-order valence-electron chi connectivity index (χ0n) is 11.3. The van der Waals surface area contributed by atoms with Gasteiger partial charge >= 0.3 is 0 Å². The van der Waals surface area contributed by atoms with E-state index in [4.69, 9.17) is 4.74 Å². The highest BCUT2D eigenvalue weighted by Gasteiger charge is 2.47. The Bertz CT molecular complexity index is 453. The van der Waals surface area contributed by atoms with Gasteiger partial charge in [0.05, 0.1) is 6.10 Å². The highest BCUT2D eigenvalue weighted by Crippen LogP contribution is 2.42.